The van der Waals surface area contributed by atoms with Gasteiger partial charge in [0.1, 0.15) is 6.61 Å². The van der Waals surface area contributed by atoms with Gasteiger partial charge in [-0.25, -0.2) is 13.2 Å². The van der Waals surface area contributed by atoms with Gasteiger partial charge in [0.25, 0.3) is 0 Å². The predicted molar refractivity (Wildman–Crippen MR) is 145 cm³/mol. The van der Waals surface area contributed by atoms with Gasteiger partial charge in [0.05, 0.1) is 0 Å². The van der Waals surface area contributed by atoms with Gasteiger partial charge in [-0.3, -0.25) is 0 Å². The van der Waals surface area contributed by atoms with Crippen LogP contribution in [0, 0.1) is 17.5 Å². The minimum absolute atomic E-state index is 0.177. The molecule has 0 spiro atoms. The number of rotatable bonds is 11. The number of halogens is 3. The molecule has 192 valence electrons. The molecule has 1 nitrogen and oxygen atoms in total. The third-order valence-corrected chi connectivity index (χ3v) is 6.61. The van der Waals surface area contributed by atoms with E-state index in [9.17, 15) is 8.78 Å². The summed E-state index contributed by atoms with van der Waals surface area (Å²) in [4.78, 5) is 0. The van der Waals surface area contributed by atoms with Crippen molar-refractivity contribution >= 4 is 0 Å². The van der Waals surface area contributed by atoms with E-state index in [1.165, 1.54) is 11.6 Å². The van der Waals surface area contributed by atoms with Crippen LogP contribution in [0.4, 0.5) is 13.2 Å². The van der Waals surface area contributed by atoms with E-state index in [0.717, 1.165) is 49.7 Å². The average molecular weight is 503 g/mol. The molecular formula is C33H33F3O. The first kappa shape index (κ1) is 26.5. The summed E-state index contributed by atoms with van der Waals surface area (Å²) in [5, 5.41) is 0. The summed E-state index contributed by atoms with van der Waals surface area (Å²) >= 11 is 0. The lowest BCUT2D eigenvalue weighted by Gasteiger charge is -2.11. The van der Waals surface area contributed by atoms with Crippen LogP contribution in [-0.2, 0) is 19.4 Å². The van der Waals surface area contributed by atoms with Crippen molar-refractivity contribution in [1.29, 1.82) is 0 Å². The fourth-order valence-corrected chi connectivity index (χ4v) is 4.47. The van der Waals surface area contributed by atoms with Gasteiger partial charge in [0.2, 0.25) is 0 Å². The van der Waals surface area contributed by atoms with Gasteiger partial charge in [-0.15, -0.1) is 0 Å². The molecular weight excluding hydrogens is 469 g/mol. The normalized spacial score (nSPS) is 11.1. The van der Waals surface area contributed by atoms with E-state index in [2.05, 4.69) is 13.8 Å². The molecule has 0 bridgehead atoms. The average Bonchev–Trinajstić information content (AvgIpc) is 2.91. The highest BCUT2D eigenvalue weighted by molar-refractivity contribution is 5.72. The molecule has 0 N–H and O–H groups in total. The van der Waals surface area contributed by atoms with E-state index >= 15 is 4.39 Å². The Morgan fingerprint density at radius 1 is 0.568 bits per heavy atom. The maximum Gasteiger partial charge on any atom is 0.167 e. The van der Waals surface area contributed by atoms with Gasteiger partial charge < -0.3 is 4.74 Å². The molecule has 0 saturated heterocycles. The van der Waals surface area contributed by atoms with Crippen molar-refractivity contribution in [3.63, 3.8) is 0 Å². The summed E-state index contributed by atoms with van der Waals surface area (Å²) < 4.78 is 50.1. The monoisotopic (exact) mass is 502 g/mol. The van der Waals surface area contributed by atoms with Crippen LogP contribution in [0.1, 0.15) is 56.2 Å². The Kier molecular flexibility index (Phi) is 9.05. The van der Waals surface area contributed by atoms with Crippen molar-refractivity contribution in [3.05, 3.63) is 113 Å². The number of unbranched alkanes of at least 4 members (excludes halogenated alkanes) is 2. The quantitative estimate of drug-likeness (QED) is 0.186. The highest BCUT2D eigenvalue weighted by atomic mass is 19.2. The second-order valence-electron chi connectivity index (χ2n) is 9.44. The van der Waals surface area contributed by atoms with Crippen molar-refractivity contribution in [1.82, 2.24) is 0 Å². The standard InChI is InChI=1S/C33H33F3O/c1-3-5-6-8-24-13-20-31(30(34)21-24)37-22-25-11-16-27(17-12-25)29-19-18-28(32(35)33(29)36)26-14-9-23(7-4-2)10-15-26/h9-21H,3-8,22H2,1-2H3. The number of hydrogen-bond acceptors (Lipinski definition) is 1. The minimum Gasteiger partial charge on any atom is -0.486 e. The summed E-state index contributed by atoms with van der Waals surface area (Å²) in [5.74, 6) is -1.90. The van der Waals surface area contributed by atoms with Crippen LogP contribution < -0.4 is 4.74 Å². The lowest BCUT2D eigenvalue weighted by Crippen LogP contribution is -1.99. The fraction of sp³-hybridized carbons (Fsp3) is 0.273. The third-order valence-electron chi connectivity index (χ3n) is 6.61. The van der Waals surface area contributed by atoms with Crippen molar-refractivity contribution in [2.24, 2.45) is 0 Å². The number of aryl methyl sites for hydroxylation is 2. The van der Waals surface area contributed by atoms with E-state index in [0.29, 0.717) is 11.1 Å². The Bertz CT molecular complexity index is 1310. The van der Waals surface area contributed by atoms with Crippen LogP contribution in [0.3, 0.4) is 0 Å². The van der Waals surface area contributed by atoms with E-state index in [1.54, 1.807) is 42.5 Å². The van der Waals surface area contributed by atoms with Gasteiger partial charge in [-0.05, 0) is 59.2 Å². The van der Waals surface area contributed by atoms with Gasteiger partial charge in [0, 0.05) is 11.1 Å². The number of ether oxygens (including phenoxy) is 1. The number of hydrogen-bond donors (Lipinski definition) is 0. The van der Waals surface area contributed by atoms with Gasteiger partial charge in [0.15, 0.2) is 23.2 Å². The van der Waals surface area contributed by atoms with E-state index in [-0.39, 0.29) is 29.3 Å². The van der Waals surface area contributed by atoms with Crippen molar-refractivity contribution < 1.29 is 17.9 Å². The summed E-state index contributed by atoms with van der Waals surface area (Å²) in [6.45, 7) is 4.42. The molecule has 4 aromatic carbocycles. The van der Waals surface area contributed by atoms with E-state index in [4.69, 9.17) is 4.74 Å². The molecule has 4 aromatic rings. The molecule has 0 unspecified atom stereocenters. The maximum absolute atomic E-state index is 15.0. The Hall–Kier alpha value is -3.53. The maximum atomic E-state index is 15.0. The molecule has 0 aliphatic carbocycles. The molecule has 37 heavy (non-hydrogen) atoms. The van der Waals surface area contributed by atoms with E-state index in [1.807, 2.05) is 30.3 Å². The summed E-state index contributed by atoms with van der Waals surface area (Å²) in [6, 6.07) is 22.9. The Morgan fingerprint density at radius 2 is 1.14 bits per heavy atom. The largest absolute Gasteiger partial charge is 0.486 e. The minimum atomic E-state index is -0.875. The molecule has 0 amide bonds. The highest BCUT2D eigenvalue weighted by Gasteiger charge is 2.16. The van der Waals surface area contributed by atoms with Crippen LogP contribution in [0.25, 0.3) is 22.3 Å². The van der Waals surface area contributed by atoms with Crippen molar-refractivity contribution in [2.75, 3.05) is 0 Å². The second kappa shape index (κ2) is 12.6. The predicted octanol–water partition coefficient (Wildman–Crippen LogP) is 9.70. The SMILES string of the molecule is CCCCCc1ccc(OCc2ccc(-c3ccc(-c4ccc(CCC)cc4)c(F)c3F)cc2)c(F)c1. The zero-order valence-corrected chi connectivity index (χ0v) is 21.5. The Morgan fingerprint density at radius 3 is 1.68 bits per heavy atom. The second-order valence-corrected chi connectivity index (χ2v) is 9.44. The zero-order chi connectivity index (χ0) is 26.2. The first-order valence-corrected chi connectivity index (χ1v) is 13.1. The lowest BCUT2D eigenvalue weighted by atomic mass is 9.97. The molecule has 0 heterocycles. The van der Waals surface area contributed by atoms with E-state index < -0.39 is 11.6 Å². The molecule has 0 fully saturated rings. The molecule has 0 radical (unpaired) electrons. The van der Waals surface area contributed by atoms with Crippen molar-refractivity contribution in [2.45, 2.75) is 59.0 Å². The summed E-state index contributed by atoms with van der Waals surface area (Å²) in [5.41, 5.74) is 4.60. The molecule has 0 saturated carbocycles. The molecule has 0 atom stereocenters. The lowest BCUT2D eigenvalue weighted by molar-refractivity contribution is 0.290. The molecule has 4 rings (SSSR count). The van der Waals surface area contributed by atoms with Crippen LogP contribution in [0.2, 0.25) is 0 Å². The fourth-order valence-electron chi connectivity index (χ4n) is 4.47. The molecule has 0 aromatic heterocycles. The highest BCUT2D eigenvalue weighted by Crippen LogP contribution is 2.32. The Balaban J connectivity index is 1.43. The van der Waals surface area contributed by atoms with Gasteiger partial charge >= 0.3 is 0 Å². The van der Waals surface area contributed by atoms with Crippen LogP contribution >= 0.6 is 0 Å². The summed E-state index contributed by atoms with van der Waals surface area (Å²) in [7, 11) is 0. The third kappa shape index (κ3) is 6.62. The Labute approximate surface area is 217 Å². The summed E-state index contributed by atoms with van der Waals surface area (Å²) in [6.07, 6.45) is 6.15. The molecule has 0 aliphatic heterocycles. The van der Waals surface area contributed by atoms with Crippen LogP contribution in [-0.4, -0.2) is 0 Å². The topological polar surface area (TPSA) is 9.23 Å². The smallest absolute Gasteiger partial charge is 0.167 e. The van der Waals surface area contributed by atoms with Gasteiger partial charge in [-0.1, -0.05) is 99.8 Å². The molecule has 0 aliphatic rings. The molecule has 4 heteroatoms. The van der Waals surface area contributed by atoms with Gasteiger partial charge in [-0.2, -0.15) is 0 Å². The zero-order valence-electron chi connectivity index (χ0n) is 21.5. The first-order chi connectivity index (χ1) is 18.0. The number of benzene rings is 4. The van der Waals surface area contributed by atoms with Crippen molar-refractivity contribution in [3.8, 4) is 28.0 Å². The first-order valence-electron chi connectivity index (χ1n) is 13.1. The van der Waals surface area contributed by atoms with Crippen LogP contribution in [0.5, 0.6) is 5.75 Å². The van der Waals surface area contributed by atoms with Crippen LogP contribution in [0.15, 0.2) is 78.9 Å².